The highest BCUT2D eigenvalue weighted by Gasteiger charge is 2.26. The molecule has 4 rings (SSSR count). The van der Waals surface area contributed by atoms with Crippen molar-refractivity contribution in [1.29, 1.82) is 0 Å². The van der Waals surface area contributed by atoms with E-state index in [1.54, 1.807) is 11.7 Å². The van der Waals surface area contributed by atoms with Gasteiger partial charge in [0.2, 0.25) is 5.91 Å². The molecule has 1 aromatic heterocycles. The lowest BCUT2D eigenvalue weighted by atomic mass is 10.0. The van der Waals surface area contributed by atoms with Crippen molar-refractivity contribution in [2.75, 3.05) is 26.7 Å². The van der Waals surface area contributed by atoms with Gasteiger partial charge in [-0.3, -0.25) is 14.3 Å². The first-order valence-electron chi connectivity index (χ1n) is 11.0. The Labute approximate surface area is 176 Å². The monoisotopic (exact) mass is 413 g/mol. The van der Waals surface area contributed by atoms with Crippen LogP contribution in [0.25, 0.3) is 0 Å². The molecule has 8 nitrogen and oxygen atoms in total. The Bertz CT molecular complexity index is 929. The summed E-state index contributed by atoms with van der Waals surface area (Å²) < 4.78 is 8.60. The summed E-state index contributed by atoms with van der Waals surface area (Å²) in [6.07, 6.45) is 6.27. The molecule has 0 aliphatic carbocycles. The van der Waals surface area contributed by atoms with Gasteiger partial charge in [-0.05, 0) is 44.8 Å². The van der Waals surface area contributed by atoms with E-state index in [0.29, 0.717) is 13.1 Å². The Morgan fingerprint density at radius 2 is 1.90 bits per heavy atom. The van der Waals surface area contributed by atoms with Gasteiger partial charge in [0.15, 0.2) is 0 Å². The van der Waals surface area contributed by atoms with Gasteiger partial charge in [0.05, 0.1) is 13.2 Å². The highest BCUT2D eigenvalue weighted by Crippen LogP contribution is 2.31. The fraction of sp³-hybridized carbons (Fsp3) is 0.591. The summed E-state index contributed by atoms with van der Waals surface area (Å²) in [5.41, 5.74) is 0.899. The minimum Gasteiger partial charge on any atom is -0.496 e. The number of amides is 1. The second kappa shape index (κ2) is 9.47. The lowest BCUT2D eigenvalue weighted by Gasteiger charge is -2.29. The Morgan fingerprint density at radius 3 is 2.70 bits per heavy atom. The van der Waals surface area contributed by atoms with Crippen LogP contribution in [-0.4, -0.2) is 51.9 Å². The van der Waals surface area contributed by atoms with Crippen LogP contribution in [-0.2, 0) is 24.3 Å². The molecule has 1 N–H and O–H groups in total. The van der Waals surface area contributed by atoms with Gasteiger partial charge in [0.25, 0.3) is 0 Å². The van der Waals surface area contributed by atoms with Gasteiger partial charge in [-0.2, -0.15) is 5.10 Å². The summed E-state index contributed by atoms with van der Waals surface area (Å²) in [5, 5.41) is 7.45. The smallest absolute Gasteiger partial charge is 0.346 e. The molecule has 1 saturated heterocycles. The zero-order chi connectivity index (χ0) is 20.9. The molecule has 2 aliphatic heterocycles. The van der Waals surface area contributed by atoms with E-state index in [-0.39, 0.29) is 24.2 Å². The molecule has 0 unspecified atom stereocenters. The lowest BCUT2D eigenvalue weighted by Crippen LogP contribution is -2.39. The molecular formula is C22H31N5O3. The molecule has 1 atom stereocenters. The number of aromatic nitrogens is 3. The van der Waals surface area contributed by atoms with Crippen molar-refractivity contribution in [3.63, 3.8) is 0 Å². The number of fused-ring (bicyclic) bond motifs is 1. The molecule has 1 fully saturated rings. The summed E-state index contributed by atoms with van der Waals surface area (Å²) in [7, 11) is 1.67. The fourth-order valence-corrected chi connectivity index (χ4v) is 4.56. The van der Waals surface area contributed by atoms with E-state index in [1.165, 1.54) is 4.68 Å². The summed E-state index contributed by atoms with van der Waals surface area (Å²) in [5.74, 6) is 1.44. The second-order valence-electron chi connectivity index (χ2n) is 8.12. The standard InChI is InChI=1S/C22H31N5O3/c1-30-19-10-5-4-9-17(19)18(25-12-7-8-13-25)15-23-21(28)16-27-22(29)26-14-6-2-3-11-20(26)24-27/h4-5,9-10,18H,2-3,6-8,11-16H2,1H3,(H,23,28)/t18-/m0/s1. The number of para-hydroxylation sites is 1. The van der Waals surface area contributed by atoms with Crippen molar-refractivity contribution >= 4 is 5.91 Å². The Balaban J connectivity index is 1.45. The van der Waals surface area contributed by atoms with Crippen LogP contribution in [0.15, 0.2) is 29.1 Å². The van der Waals surface area contributed by atoms with Crippen molar-refractivity contribution in [2.45, 2.75) is 57.7 Å². The number of aryl methyl sites for hydroxylation is 1. The Morgan fingerprint density at radius 1 is 1.13 bits per heavy atom. The van der Waals surface area contributed by atoms with E-state index in [1.807, 2.05) is 18.2 Å². The number of methoxy groups -OCH3 is 1. The number of nitrogens with one attached hydrogen (secondary N) is 1. The fourth-order valence-electron chi connectivity index (χ4n) is 4.56. The van der Waals surface area contributed by atoms with Crippen LogP contribution in [0.3, 0.4) is 0 Å². The van der Waals surface area contributed by atoms with Crippen molar-refractivity contribution in [1.82, 2.24) is 24.6 Å². The minimum atomic E-state index is -0.190. The quantitative estimate of drug-likeness (QED) is 0.748. The molecule has 0 radical (unpaired) electrons. The first-order valence-corrected chi connectivity index (χ1v) is 11.0. The van der Waals surface area contributed by atoms with Crippen LogP contribution in [0.1, 0.15) is 49.5 Å². The van der Waals surface area contributed by atoms with Crippen LogP contribution in [0.4, 0.5) is 0 Å². The van der Waals surface area contributed by atoms with Gasteiger partial charge in [-0.15, -0.1) is 0 Å². The predicted molar refractivity (Wildman–Crippen MR) is 114 cm³/mol. The summed E-state index contributed by atoms with van der Waals surface area (Å²) in [6, 6.07) is 8.02. The van der Waals surface area contributed by atoms with Crippen LogP contribution in [0.5, 0.6) is 5.75 Å². The maximum Gasteiger partial charge on any atom is 0.346 e. The summed E-state index contributed by atoms with van der Waals surface area (Å²) in [6.45, 7) is 3.14. The van der Waals surface area contributed by atoms with E-state index < -0.39 is 0 Å². The molecule has 0 bridgehead atoms. The molecule has 8 heteroatoms. The molecule has 0 saturated carbocycles. The highest BCUT2D eigenvalue weighted by atomic mass is 16.5. The largest absolute Gasteiger partial charge is 0.496 e. The molecule has 162 valence electrons. The number of hydrogen-bond acceptors (Lipinski definition) is 5. The van der Waals surface area contributed by atoms with Crippen molar-refractivity contribution in [2.24, 2.45) is 0 Å². The number of carbonyl (C=O) groups excluding carboxylic acids is 1. The Hall–Kier alpha value is -2.61. The maximum absolute atomic E-state index is 12.7. The number of ether oxygens (including phenoxy) is 1. The first kappa shape index (κ1) is 20.7. The summed E-state index contributed by atoms with van der Waals surface area (Å²) >= 11 is 0. The van der Waals surface area contributed by atoms with Crippen LogP contribution >= 0.6 is 0 Å². The lowest BCUT2D eigenvalue weighted by molar-refractivity contribution is -0.122. The zero-order valence-electron chi connectivity index (χ0n) is 17.7. The number of likely N-dealkylation sites (tertiary alicyclic amines) is 1. The van der Waals surface area contributed by atoms with Gasteiger partial charge in [-0.1, -0.05) is 24.6 Å². The van der Waals surface area contributed by atoms with E-state index in [9.17, 15) is 9.59 Å². The Kier molecular flexibility index (Phi) is 6.52. The molecule has 2 aromatic rings. The van der Waals surface area contributed by atoms with E-state index in [4.69, 9.17) is 4.74 Å². The van der Waals surface area contributed by atoms with Gasteiger partial charge in [0, 0.05) is 25.1 Å². The first-order chi connectivity index (χ1) is 14.7. The third-order valence-corrected chi connectivity index (χ3v) is 6.15. The average molecular weight is 414 g/mol. The normalized spacial score (nSPS) is 17.9. The molecule has 1 aromatic carbocycles. The molecule has 30 heavy (non-hydrogen) atoms. The number of rotatable bonds is 7. The molecule has 2 aliphatic rings. The third-order valence-electron chi connectivity index (χ3n) is 6.15. The van der Waals surface area contributed by atoms with Crippen molar-refractivity contribution < 1.29 is 9.53 Å². The van der Waals surface area contributed by atoms with E-state index >= 15 is 0 Å². The topological polar surface area (TPSA) is 81.4 Å². The number of carbonyl (C=O) groups is 1. The van der Waals surface area contributed by atoms with Gasteiger partial charge < -0.3 is 10.1 Å². The zero-order valence-corrected chi connectivity index (χ0v) is 17.7. The van der Waals surface area contributed by atoms with E-state index in [0.717, 1.165) is 68.8 Å². The predicted octanol–water partition coefficient (Wildman–Crippen LogP) is 1.73. The third kappa shape index (κ3) is 4.43. The van der Waals surface area contributed by atoms with Crippen LogP contribution in [0.2, 0.25) is 0 Å². The molecular weight excluding hydrogens is 382 g/mol. The molecule has 1 amide bonds. The maximum atomic E-state index is 12.7. The number of benzene rings is 1. The highest BCUT2D eigenvalue weighted by molar-refractivity contribution is 5.75. The number of hydrogen-bond donors (Lipinski definition) is 1. The summed E-state index contributed by atoms with van der Waals surface area (Å²) in [4.78, 5) is 27.7. The van der Waals surface area contributed by atoms with Gasteiger partial charge >= 0.3 is 5.69 Å². The van der Waals surface area contributed by atoms with Gasteiger partial charge in [0.1, 0.15) is 18.1 Å². The number of nitrogens with zero attached hydrogens (tertiary/aromatic N) is 4. The SMILES string of the molecule is COc1ccccc1[C@H](CNC(=O)Cn1nc2n(c1=O)CCCCC2)N1CCCC1. The van der Waals surface area contributed by atoms with Crippen molar-refractivity contribution in [3.8, 4) is 5.75 Å². The van der Waals surface area contributed by atoms with Gasteiger partial charge in [-0.25, -0.2) is 9.48 Å². The molecule has 0 spiro atoms. The minimum absolute atomic E-state index is 0.0442. The average Bonchev–Trinajstić information content (AvgIpc) is 3.31. The van der Waals surface area contributed by atoms with Crippen LogP contribution < -0.4 is 15.7 Å². The molecule has 3 heterocycles. The second-order valence-corrected chi connectivity index (χ2v) is 8.12. The van der Waals surface area contributed by atoms with Crippen molar-refractivity contribution in [3.05, 3.63) is 46.1 Å². The van der Waals surface area contributed by atoms with Crippen LogP contribution in [0, 0.1) is 0 Å². The van der Waals surface area contributed by atoms with E-state index in [2.05, 4.69) is 21.4 Å².